The van der Waals surface area contributed by atoms with Crippen molar-refractivity contribution in [3.05, 3.63) is 68.9 Å². The molecule has 1 heterocycles. The molecule has 3 nitrogen and oxygen atoms in total. The first-order chi connectivity index (χ1) is 9.20. The van der Waals surface area contributed by atoms with E-state index in [4.69, 9.17) is 10.8 Å². The van der Waals surface area contributed by atoms with Crippen LogP contribution < -0.4 is 11.3 Å². The monoisotopic (exact) mass is 248 g/mol. The zero-order valence-corrected chi connectivity index (χ0v) is 9.84. The van der Waals surface area contributed by atoms with Gasteiger partial charge in [-0.2, -0.15) is 0 Å². The average molecular weight is 248 g/mol. The van der Waals surface area contributed by atoms with E-state index in [0.717, 1.165) is 0 Å². The van der Waals surface area contributed by atoms with Gasteiger partial charge in [0.25, 0.3) is 0 Å². The Balaban J connectivity index is 2.73. The van der Waals surface area contributed by atoms with Crippen LogP contribution in [0.2, 0.25) is 0 Å². The van der Waals surface area contributed by atoms with Gasteiger partial charge >= 0.3 is 11.3 Å². The van der Waals surface area contributed by atoms with Gasteiger partial charge in [0, 0.05) is 5.56 Å². The SMILES string of the molecule is C#Cc1ccc2c(c1)c(=O)oc(=O)c1ccccc12. The summed E-state index contributed by atoms with van der Waals surface area (Å²) in [6.07, 6.45) is 5.32. The van der Waals surface area contributed by atoms with Crippen LogP contribution in [0.1, 0.15) is 5.56 Å². The number of hydrogen-bond acceptors (Lipinski definition) is 3. The van der Waals surface area contributed by atoms with Gasteiger partial charge in [-0.25, -0.2) is 9.59 Å². The molecule has 0 aliphatic heterocycles. The lowest BCUT2D eigenvalue weighted by Crippen LogP contribution is -2.04. The van der Waals surface area contributed by atoms with Gasteiger partial charge < -0.3 is 4.42 Å². The minimum absolute atomic E-state index is 0.314. The van der Waals surface area contributed by atoms with Crippen LogP contribution in [-0.2, 0) is 0 Å². The van der Waals surface area contributed by atoms with Gasteiger partial charge in [0.05, 0.1) is 10.8 Å². The molecule has 0 radical (unpaired) electrons. The van der Waals surface area contributed by atoms with Crippen LogP contribution >= 0.6 is 0 Å². The topological polar surface area (TPSA) is 47.3 Å². The Morgan fingerprint density at radius 3 is 2.21 bits per heavy atom. The molecule has 0 saturated heterocycles. The number of hydrogen-bond donors (Lipinski definition) is 0. The van der Waals surface area contributed by atoms with Gasteiger partial charge in [-0.15, -0.1) is 6.42 Å². The summed E-state index contributed by atoms with van der Waals surface area (Å²) in [5.74, 6) is 2.46. The third-order valence-corrected chi connectivity index (χ3v) is 3.03. The maximum Gasteiger partial charge on any atom is 0.346 e. The molecule has 3 rings (SSSR count). The van der Waals surface area contributed by atoms with E-state index in [1.54, 1.807) is 42.5 Å². The van der Waals surface area contributed by atoms with E-state index in [-0.39, 0.29) is 0 Å². The summed E-state index contributed by atoms with van der Waals surface area (Å²) < 4.78 is 4.82. The Bertz CT molecular complexity index is 959. The van der Waals surface area contributed by atoms with Crippen molar-refractivity contribution < 1.29 is 4.42 Å². The number of fused-ring (bicyclic) bond motifs is 3. The van der Waals surface area contributed by atoms with Crippen molar-refractivity contribution in [1.29, 1.82) is 0 Å². The summed E-state index contributed by atoms with van der Waals surface area (Å²) in [5, 5.41) is 2.03. The fraction of sp³-hybridized carbons (Fsp3) is 0. The molecular weight excluding hydrogens is 240 g/mol. The molecule has 0 amide bonds. The molecule has 0 fully saturated rings. The molecule has 0 aliphatic rings. The summed E-state index contributed by atoms with van der Waals surface area (Å²) in [6.45, 7) is 0. The fourth-order valence-electron chi connectivity index (χ4n) is 2.13. The first-order valence-corrected chi connectivity index (χ1v) is 5.67. The fourth-order valence-corrected chi connectivity index (χ4v) is 2.13. The van der Waals surface area contributed by atoms with E-state index in [0.29, 0.717) is 27.1 Å². The molecule has 90 valence electrons. The van der Waals surface area contributed by atoms with Crippen molar-refractivity contribution in [2.75, 3.05) is 0 Å². The number of rotatable bonds is 0. The van der Waals surface area contributed by atoms with E-state index < -0.39 is 11.3 Å². The summed E-state index contributed by atoms with van der Waals surface area (Å²) in [4.78, 5) is 23.8. The maximum absolute atomic E-state index is 11.9. The molecule has 0 atom stereocenters. The van der Waals surface area contributed by atoms with Crippen LogP contribution in [0.25, 0.3) is 21.5 Å². The van der Waals surface area contributed by atoms with Gasteiger partial charge in [0.15, 0.2) is 0 Å². The smallest absolute Gasteiger partial charge is 0.346 e. The lowest BCUT2D eigenvalue weighted by molar-refractivity contribution is 0.491. The highest BCUT2D eigenvalue weighted by atomic mass is 16.4. The molecule has 0 spiro atoms. The van der Waals surface area contributed by atoms with E-state index in [1.165, 1.54) is 0 Å². The van der Waals surface area contributed by atoms with Gasteiger partial charge in [-0.05, 0) is 29.0 Å². The summed E-state index contributed by atoms with van der Waals surface area (Å²) in [6, 6.07) is 12.0. The second-order valence-electron chi connectivity index (χ2n) is 4.13. The van der Waals surface area contributed by atoms with Crippen LogP contribution in [-0.4, -0.2) is 0 Å². The van der Waals surface area contributed by atoms with Crippen molar-refractivity contribution in [3.63, 3.8) is 0 Å². The number of benzene rings is 2. The molecule has 0 aliphatic carbocycles. The maximum atomic E-state index is 11.9. The molecule has 0 saturated carbocycles. The highest BCUT2D eigenvalue weighted by molar-refractivity contribution is 6.05. The molecule has 0 N–H and O–H groups in total. The van der Waals surface area contributed by atoms with Crippen molar-refractivity contribution in [2.45, 2.75) is 0 Å². The molecule has 0 bridgehead atoms. The van der Waals surface area contributed by atoms with Crippen molar-refractivity contribution >= 4 is 21.5 Å². The van der Waals surface area contributed by atoms with Gasteiger partial charge in [0.1, 0.15) is 0 Å². The van der Waals surface area contributed by atoms with Gasteiger partial charge in [-0.3, -0.25) is 0 Å². The van der Waals surface area contributed by atoms with Gasteiger partial charge in [-0.1, -0.05) is 30.2 Å². The van der Waals surface area contributed by atoms with Crippen molar-refractivity contribution in [1.82, 2.24) is 0 Å². The molecule has 3 aromatic rings. The Labute approximate surface area is 108 Å². The minimum Gasteiger partial charge on any atom is -0.386 e. The van der Waals surface area contributed by atoms with Crippen molar-refractivity contribution in [2.24, 2.45) is 0 Å². The van der Waals surface area contributed by atoms with Crippen LogP contribution in [0, 0.1) is 12.3 Å². The molecule has 19 heavy (non-hydrogen) atoms. The van der Waals surface area contributed by atoms with Crippen LogP contribution in [0.15, 0.2) is 56.5 Å². The average Bonchev–Trinajstić information content (AvgIpc) is 2.55. The Hall–Kier alpha value is -2.86. The zero-order valence-electron chi connectivity index (χ0n) is 9.84. The normalized spacial score (nSPS) is 10.5. The van der Waals surface area contributed by atoms with E-state index in [9.17, 15) is 9.59 Å². The Kier molecular flexibility index (Phi) is 2.43. The highest BCUT2D eigenvalue weighted by Gasteiger charge is 2.07. The number of terminal acetylenes is 1. The van der Waals surface area contributed by atoms with E-state index in [2.05, 4.69) is 5.92 Å². The summed E-state index contributed by atoms with van der Waals surface area (Å²) >= 11 is 0. The largest absolute Gasteiger partial charge is 0.386 e. The minimum atomic E-state index is -0.673. The van der Waals surface area contributed by atoms with Gasteiger partial charge in [0.2, 0.25) is 0 Å². The third-order valence-electron chi connectivity index (χ3n) is 3.03. The predicted molar refractivity (Wildman–Crippen MR) is 74.2 cm³/mol. The van der Waals surface area contributed by atoms with E-state index >= 15 is 0 Å². The summed E-state index contributed by atoms with van der Waals surface area (Å²) in [7, 11) is 0. The Morgan fingerprint density at radius 2 is 1.47 bits per heavy atom. The molecular formula is C16H8O3. The van der Waals surface area contributed by atoms with Crippen LogP contribution in [0.4, 0.5) is 0 Å². The second-order valence-corrected chi connectivity index (χ2v) is 4.13. The second kappa shape index (κ2) is 4.11. The van der Waals surface area contributed by atoms with Crippen LogP contribution in [0.3, 0.4) is 0 Å². The highest BCUT2D eigenvalue weighted by Crippen LogP contribution is 2.20. The first-order valence-electron chi connectivity index (χ1n) is 5.67. The molecule has 0 unspecified atom stereocenters. The van der Waals surface area contributed by atoms with Crippen LogP contribution in [0.5, 0.6) is 0 Å². The molecule has 2 aromatic carbocycles. The zero-order chi connectivity index (χ0) is 13.4. The third kappa shape index (κ3) is 1.71. The predicted octanol–water partition coefficient (Wildman–Crippen LogP) is 2.29. The molecule has 3 heteroatoms. The molecule has 1 aromatic heterocycles. The quantitative estimate of drug-likeness (QED) is 0.573. The standard InChI is InChI=1S/C16H8O3/c1-2-10-7-8-12-11-5-3-4-6-13(11)15(17)19-16(18)14(12)9-10/h1,3-9H. The van der Waals surface area contributed by atoms with Crippen molar-refractivity contribution in [3.8, 4) is 12.3 Å². The lowest BCUT2D eigenvalue weighted by Gasteiger charge is -1.96. The Morgan fingerprint density at radius 1 is 0.842 bits per heavy atom. The van der Waals surface area contributed by atoms with E-state index in [1.807, 2.05) is 0 Å². The lowest BCUT2D eigenvalue weighted by atomic mass is 10.1. The summed E-state index contributed by atoms with van der Waals surface area (Å²) in [5.41, 5.74) is -0.741. The first kappa shape index (κ1) is 11.2.